The predicted octanol–water partition coefficient (Wildman–Crippen LogP) is 15.8. The summed E-state index contributed by atoms with van der Waals surface area (Å²) in [7, 11) is 0. The molecule has 2 nitrogen and oxygen atoms in total. The summed E-state index contributed by atoms with van der Waals surface area (Å²) in [5.74, 6) is 0. The summed E-state index contributed by atoms with van der Waals surface area (Å²) in [5.41, 5.74) is 14.4. The number of aryl methyl sites for hydroxylation is 1. The average Bonchev–Trinajstić information content (AvgIpc) is 3.65. The molecule has 12 rings (SSSR count). The normalized spacial score (nSPS) is 11.8. The van der Waals surface area contributed by atoms with Gasteiger partial charge < -0.3 is 4.57 Å². The van der Waals surface area contributed by atoms with Gasteiger partial charge in [0.15, 0.2) is 0 Å². The highest BCUT2D eigenvalue weighted by Gasteiger charge is 2.21. The van der Waals surface area contributed by atoms with Crippen molar-refractivity contribution in [2.75, 3.05) is 0 Å². The molecule has 280 valence electrons. The third kappa shape index (κ3) is 5.31. The number of hydrogen-bond donors (Lipinski definition) is 0. The summed E-state index contributed by atoms with van der Waals surface area (Å²) in [6.07, 6.45) is 1.92. The average molecular weight is 763 g/mol. The molecule has 0 amide bonds. The van der Waals surface area contributed by atoms with Gasteiger partial charge in [0.25, 0.3) is 0 Å². The maximum atomic E-state index is 4.75. The summed E-state index contributed by atoms with van der Waals surface area (Å²) in [4.78, 5) is 4.75. The molecule has 0 atom stereocenters. The van der Waals surface area contributed by atoms with Crippen molar-refractivity contribution in [3.05, 3.63) is 218 Å². The smallest absolute Gasteiger partial charge is 0.0574 e. The van der Waals surface area contributed by atoms with E-state index in [1.165, 1.54) is 109 Å². The first-order valence-corrected chi connectivity index (χ1v) is 20.7. The number of fused-ring (bicyclic) bond motifs is 7. The van der Waals surface area contributed by atoms with E-state index in [1.54, 1.807) is 0 Å². The van der Waals surface area contributed by atoms with E-state index < -0.39 is 0 Å². The van der Waals surface area contributed by atoms with Crippen LogP contribution >= 0.6 is 0 Å². The van der Waals surface area contributed by atoms with Crippen LogP contribution in [0.2, 0.25) is 0 Å². The van der Waals surface area contributed by atoms with Crippen molar-refractivity contribution in [3.63, 3.8) is 0 Å². The molecule has 0 bridgehead atoms. The number of benzene rings is 10. The number of hydrogen-bond acceptors (Lipinski definition) is 1. The lowest BCUT2D eigenvalue weighted by atomic mass is 9.83. The molecule has 2 heteroatoms. The van der Waals surface area contributed by atoms with E-state index in [1.807, 2.05) is 6.20 Å². The summed E-state index contributed by atoms with van der Waals surface area (Å²) < 4.78 is 2.36. The lowest BCUT2D eigenvalue weighted by Crippen LogP contribution is -1.93. The fourth-order valence-electron chi connectivity index (χ4n) is 9.87. The molecule has 2 heterocycles. The van der Waals surface area contributed by atoms with Gasteiger partial charge in [0.1, 0.15) is 0 Å². The van der Waals surface area contributed by atoms with Crippen LogP contribution in [0.4, 0.5) is 0 Å². The Kier molecular flexibility index (Phi) is 7.79. The maximum Gasteiger partial charge on any atom is 0.0574 e. The van der Waals surface area contributed by atoms with Gasteiger partial charge in [0.2, 0.25) is 0 Å². The largest absolute Gasteiger partial charge is 0.309 e. The highest BCUT2D eigenvalue weighted by Crippen LogP contribution is 2.47. The number of pyridine rings is 1. The Labute approximate surface area is 348 Å². The second-order valence-corrected chi connectivity index (χ2v) is 15.9. The first-order chi connectivity index (χ1) is 29.7. The first-order valence-electron chi connectivity index (χ1n) is 20.7. The summed E-state index contributed by atoms with van der Waals surface area (Å²) in [6.45, 7) is 2.12. The van der Waals surface area contributed by atoms with Crippen LogP contribution in [0.5, 0.6) is 0 Å². The van der Waals surface area contributed by atoms with Gasteiger partial charge in [-0.3, -0.25) is 4.98 Å². The maximum absolute atomic E-state index is 4.75. The summed E-state index contributed by atoms with van der Waals surface area (Å²) >= 11 is 0. The molecule has 60 heavy (non-hydrogen) atoms. The monoisotopic (exact) mass is 762 g/mol. The van der Waals surface area contributed by atoms with Crippen molar-refractivity contribution in [2.24, 2.45) is 0 Å². The minimum absolute atomic E-state index is 1.03. The number of aromatic nitrogens is 2. The van der Waals surface area contributed by atoms with Crippen LogP contribution in [0.3, 0.4) is 0 Å². The molecule has 0 saturated heterocycles. The quantitative estimate of drug-likeness (QED) is 0.160. The fraction of sp³-hybridized carbons (Fsp3) is 0.0172. The van der Waals surface area contributed by atoms with Crippen molar-refractivity contribution in [2.45, 2.75) is 6.92 Å². The van der Waals surface area contributed by atoms with Crippen LogP contribution in [-0.2, 0) is 0 Å². The molecule has 2 aromatic heterocycles. The van der Waals surface area contributed by atoms with E-state index in [0.717, 1.165) is 11.4 Å². The molecule has 0 aliphatic rings. The van der Waals surface area contributed by atoms with Crippen LogP contribution in [0.25, 0.3) is 115 Å². The molecule has 0 aliphatic heterocycles. The SMILES string of the molecule is Cc1nccc2c1c1cc(-c3ccc(-c4c5ccccc5c(-c5ccc6cc(-c7ccccc7)ccc6c5)c5ccccc45)c4ccccc34)ccc1n2-c1ccccc1. The topological polar surface area (TPSA) is 17.8 Å². The van der Waals surface area contributed by atoms with Crippen molar-refractivity contribution >= 4 is 64.9 Å². The van der Waals surface area contributed by atoms with E-state index in [0.29, 0.717) is 0 Å². The lowest BCUT2D eigenvalue weighted by Gasteiger charge is -2.20. The molecule has 0 aliphatic carbocycles. The molecule has 0 N–H and O–H groups in total. The van der Waals surface area contributed by atoms with E-state index in [4.69, 9.17) is 4.98 Å². The highest BCUT2D eigenvalue weighted by molar-refractivity contribution is 6.24. The zero-order chi connectivity index (χ0) is 39.7. The third-order valence-electron chi connectivity index (χ3n) is 12.6. The van der Waals surface area contributed by atoms with Gasteiger partial charge >= 0.3 is 0 Å². The molecule has 0 radical (unpaired) electrons. The van der Waals surface area contributed by atoms with Crippen LogP contribution in [0.15, 0.2) is 212 Å². The summed E-state index contributed by atoms with van der Waals surface area (Å²) in [5, 5.41) is 12.4. The molecular formula is C58H38N2. The Hall–Kier alpha value is -7.81. The zero-order valence-corrected chi connectivity index (χ0v) is 33.1. The second-order valence-electron chi connectivity index (χ2n) is 15.9. The number of rotatable bonds is 5. The zero-order valence-electron chi connectivity index (χ0n) is 33.1. The van der Waals surface area contributed by atoms with Crippen LogP contribution in [-0.4, -0.2) is 9.55 Å². The molecule has 0 unspecified atom stereocenters. The van der Waals surface area contributed by atoms with Crippen LogP contribution < -0.4 is 0 Å². The second kappa shape index (κ2) is 13.7. The van der Waals surface area contributed by atoms with Gasteiger partial charge in [0, 0.05) is 28.4 Å². The van der Waals surface area contributed by atoms with Gasteiger partial charge in [0.05, 0.1) is 11.0 Å². The Balaban J connectivity index is 1.05. The first kappa shape index (κ1) is 34.3. The molecule has 10 aromatic carbocycles. The highest BCUT2D eigenvalue weighted by atomic mass is 15.0. The molecule has 0 spiro atoms. The minimum atomic E-state index is 1.03. The number of nitrogens with zero attached hydrogens (tertiary/aromatic N) is 2. The fourth-order valence-corrected chi connectivity index (χ4v) is 9.87. The minimum Gasteiger partial charge on any atom is -0.309 e. The Morgan fingerprint density at radius 2 is 0.883 bits per heavy atom. The standard InChI is InChI=1S/C58H38N2/c1-37-56-53-36-42(28-31-54(53)60(55(56)32-33-59-37)44-16-6-3-7-17-44)45-29-30-52(47-19-9-8-18-46(45)47)58-50-22-12-10-20-48(50)57(49-21-11-13-23-51(49)58)43-27-26-40-34-39(24-25-41(40)35-43)38-14-4-2-5-15-38/h2-36H,1H3. The van der Waals surface area contributed by atoms with Crippen molar-refractivity contribution in [1.29, 1.82) is 0 Å². The Morgan fingerprint density at radius 1 is 0.350 bits per heavy atom. The lowest BCUT2D eigenvalue weighted by molar-refractivity contribution is 1.16. The number of para-hydroxylation sites is 1. The van der Waals surface area contributed by atoms with Gasteiger partial charge in [-0.25, -0.2) is 0 Å². The van der Waals surface area contributed by atoms with Crippen molar-refractivity contribution in [3.8, 4) is 50.2 Å². The van der Waals surface area contributed by atoms with Gasteiger partial charge in [-0.2, -0.15) is 0 Å². The Bertz CT molecular complexity index is 3600. The van der Waals surface area contributed by atoms with E-state index in [2.05, 4.69) is 218 Å². The molecule has 12 aromatic rings. The van der Waals surface area contributed by atoms with E-state index >= 15 is 0 Å². The predicted molar refractivity (Wildman–Crippen MR) is 255 cm³/mol. The van der Waals surface area contributed by atoms with Gasteiger partial charge in [-0.05, 0) is 137 Å². The van der Waals surface area contributed by atoms with Crippen molar-refractivity contribution in [1.82, 2.24) is 9.55 Å². The van der Waals surface area contributed by atoms with E-state index in [9.17, 15) is 0 Å². The summed E-state index contributed by atoms with van der Waals surface area (Å²) in [6, 6.07) is 75.7. The van der Waals surface area contributed by atoms with Crippen molar-refractivity contribution < 1.29 is 0 Å². The molecule has 0 saturated carbocycles. The molecular weight excluding hydrogens is 725 g/mol. The molecule has 0 fully saturated rings. The van der Waals surface area contributed by atoms with Gasteiger partial charge in [-0.15, -0.1) is 0 Å². The Morgan fingerprint density at radius 3 is 1.57 bits per heavy atom. The van der Waals surface area contributed by atoms with Crippen LogP contribution in [0.1, 0.15) is 5.69 Å². The van der Waals surface area contributed by atoms with E-state index in [-0.39, 0.29) is 0 Å². The van der Waals surface area contributed by atoms with Crippen LogP contribution in [0, 0.1) is 6.92 Å². The van der Waals surface area contributed by atoms with Gasteiger partial charge in [-0.1, -0.05) is 164 Å². The third-order valence-corrected chi connectivity index (χ3v) is 12.6.